The van der Waals surface area contributed by atoms with Gasteiger partial charge in [0.2, 0.25) is 0 Å². The number of amides is 1. The second kappa shape index (κ2) is 9.79. The molecule has 0 unspecified atom stereocenters. The average Bonchev–Trinajstić information content (AvgIpc) is 3.16. The number of aromatic nitrogens is 3. The van der Waals surface area contributed by atoms with Crippen molar-refractivity contribution in [2.24, 2.45) is 0 Å². The van der Waals surface area contributed by atoms with Crippen molar-refractivity contribution in [3.8, 4) is 0 Å². The van der Waals surface area contributed by atoms with Gasteiger partial charge in [-0.2, -0.15) is 0 Å². The summed E-state index contributed by atoms with van der Waals surface area (Å²) in [4.78, 5) is 21.4. The molecular weight excluding hydrogens is 404 g/mol. The van der Waals surface area contributed by atoms with E-state index in [0.29, 0.717) is 5.56 Å². The number of imidazole rings is 1. The molecule has 6 heteroatoms. The van der Waals surface area contributed by atoms with Crippen LogP contribution in [0.1, 0.15) is 41.8 Å². The van der Waals surface area contributed by atoms with E-state index in [2.05, 4.69) is 46.1 Å². The highest BCUT2D eigenvalue weighted by atomic mass is 32.2. The number of rotatable bonds is 8. The van der Waals surface area contributed by atoms with Gasteiger partial charge in [0.25, 0.3) is 5.91 Å². The van der Waals surface area contributed by atoms with Gasteiger partial charge in [-0.15, -0.1) is 0 Å². The van der Waals surface area contributed by atoms with E-state index in [0.717, 1.165) is 40.5 Å². The number of benzene rings is 2. The fourth-order valence-corrected chi connectivity index (χ4v) is 4.26. The highest BCUT2D eigenvalue weighted by Crippen LogP contribution is 2.27. The van der Waals surface area contributed by atoms with Crippen LogP contribution in [0.4, 0.5) is 0 Å². The van der Waals surface area contributed by atoms with E-state index >= 15 is 0 Å². The maximum absolute atomic E-state index is 12.3. The van der Waals surface area contributed by atoms with E-state index < -0.39 is 0 Å². The molecule has 0 spiro atoms. The van der Waals surface area contributed by atoms with Crippen LogP contribution in [0.5, 0.6) is 0 Å². The molecule has 2 aromatic carbocycles. The van der Waals surface area contributed by atoms with E-state index in [1.807, 2.05) is 49.5 Å². The van der Waals surface area contributed by atoms with Crippen LogP contribution in [0.3, 0.4) is 0 Å². The topological polar surface area (TPSA) is 59.8 Å². The lowest BCUT2D eigenvalue weighted by molar-refractivity contribution is 0.0939. The summed E-state index contributed by atoms with van der Waals surface area (Å²) in [5.74, 6) is 0.754. The van der Waals surface area contributed by atoms with Crippen molar-refractivity contribution in [1.82, 2.24) is 19.9 Å². The summed E-state index contributed by atoms with van der Waals surface area (Å²) in [5, 5.41) is 3.97. The Labute approximate surface area is 186 Å². The maximum atomic E-state index is 12.3. The summed E-state index contributed by atoms with van der Waals surface area (Å²) in [6.07, 6.45) is 4.57. The summed E-state index contributed by atoms with van der Waals surface area (Å²) in [5.41, 5.74) is 5.05. The predicted octanol–water partition coefficient (Wildman–Crippen LogP) is 5.30. The van der Waals surface area contributed by atoms with Crippen LogP contribution in [0.15, 0.2) is 78.2 Å². The van der Waals surface area contributed by atoms with Crippen LogP contribution in [0.25, 0.3) is 11.0 Å². The van der Waals surface area contributed by atoms with Crippen LogP contribution >= 0.6 is 11.8 Å². The second-order valence-electron chi connectivity index (χ2n) is 7.60. The molecule has 0 saturated carbocycles. The molecule has 4 aromatic rings. The van der Waals surface area contributed by atoms with Gasteiger partial charge >= 0.3 is 0 Å². The van der Waals surface area contributed by atoms with E-state index in [1.165, 1.54) is 5.56 Å². The van der Waals surface area contributed by atoms with Crippen LogP contribution in [0.2, 0.25) is 0 Å². The molecule has 4 rings (SSSR count). The summed E-state index contributed by atoms with van der Waals surface area (Å²) in [6, 6.07) is 20.3. The molecule has 158 valence electrons. The number of nitrogens with zero attached hydrogens (tertiary/aromatic N) is 3. The molecule has 2 heterocycles. The zero-order chi connectivity index (χ0) is 21.6. The summed E-state index contributed by atoms with van der Waals surface area (Å²) < 4.78 is 2.22. The number of hydrogen-bond donors (Lipinski definition) is 1. The Hall–Kier alpha value is -3.12. The van der Waals surface area contributed by atoms with Gasteiger partial charge < -0.3 is 9.88 Å². The lowest BCUT2D eigenvalue weighted by Crippen LogP contribution is -2.31. The van der Waals surface area contributed by atoms with Crippen LogP contribution in [-0.4, -0.2) is 26.5 Å². The van der Waals surface area contributed by atoms with Crippen LogP contribution in [-0.2, 0) is 12.3 Å². The lowest BCUT2D eigenvalue weighted by Gasteiger charge is -2.12. The third-order valence-electron chi connectivity index (χ3n) is 5.27. The van der Waals surface area contributed by atoms with E-state index in [1.54, 1.807) is 18.0 Å². The number of nitrogens with one attached hydrogen (secondary N) is 1. The second-order valence-corrected chi connectivity index (χ2v) is 8.54. The number of carbonyl (C=O) groups is 1. The molecule has 1 atom stereocenters. The van der Waals surface area contributed by atoms with Crippen molar-refractivity contribution in [3.05, 3.63) is 89.7 Å². The van der Waals surface area contributed by atoms with Gasteiger partial charge in [-0.1, -0.05) is 61.2 Å². The fraction of sp³-hybridized carbons (Fsp3) is 0.240. The summed E-state index contributed by atoms with van der Waals surface area (Å²) in [7, 11) is 0. The third-order valence-corrected chi connectivity index (χ3v) is 6.32. The standard InChI is InChI=1S/C25H26N4OS/c1-3-18(2)27-24(30)21-11-9-20(10-12-21)17-31-25-28-22-13-14-26-15-23(22)29(25)16-19-7-5-4-6-8-19/h4-15,18H,3,16-17H2,1-2H3,(H,27,30)/t18-/m0/s1. The number of pyridine rings is 1. The number of fused-ring (bicyclic) bond motifs is 1. The smallest absolute Gasteiger partial charge is 0.251 e. The Morgan fingerprint density at radius 1 is 1.06 bits per heavy atom. The fourth-order valence-electron chi connectivity index (χ4n) is 3.29. The molecule has 1 amide bonds. The van der Waals surface area contributed by atoms with Gasteiger partial charge in [0, 0.05) is 23.6 Å². The van der Waals surface area contributed by atoms with E-state index in [-0.39, 0.29) is 11.9 Å². The normalized spacial score (nSPS) is 12.1. The SMILES string of the molecule is CC[C@H](C)NC(=O)c1ccc(CSc2nc3ccncc3n2Cc2ccccc2)cc1. The summed E-state index contributed by atoms with van der Waals surface area (Å²) in [6.45, 7) is 4.83. The quantitative estimate of drug-likeness (QED) is 0.385. The molecule has 0 aliphatic carbocycles. The zero-order valence-corrected chi connectivity index (χ0v) is 18.6. The van der Waals surface area contributed by atoms with Gasteiger partial charge in [-0.25, -0.2) is 4.98 Å². The number of hydrogen-bond acceptors (Lipinski definition) is 4. The predicted molar refractivity (Wildman–Crippen MR) is 126 cm³/mol. The Balaban J connectivity index is 1.50. The largest absolute Gasteiger partial charge is 0.350 e. The molecule has 0 radical (unpaired) electrons. The molecule has 0 bridgehead atoms. The highest BCUT2D eigenvalue weighted by molar-refractivity contribution is 7.98. The zero-order valence-electron chi connectivity index (χ0n) is 17.8. The van der Waals surface area contributed by atoms with Crippen molar-refractivity contribution >= 4 is 28.7 Å². The minimum absolute atomic E-state index is 0.0225. The number of carbonyl (C=O) groups excluding carboxylic acids is 1. The van der Waals surface area contributed by atoms with Crippen molar-refractivity contribution in [2.45, 2.75) is 43.8 Å². The van der Waals surface area contributed by atoms with Gasteiger partial charge in [-0.05, 0) is 42.7 Å². The molecule has 0 fully saturated rings. The molecule has 1 N–H and O–H groups in total. The van der Waals surface area contributed by atoms with Gasteiger partial charge in [0.15, 0.2) is 5.16 Å². The monoisotopic (exact) mass is 430 g/mol. The lowest BCUT2D eigenvalue weighted by atomic mass is 10.1. The summed E-state index contributed by atoms with van der Waals surface area (Å²) >= 11 is 1.70. The van der Waals surface area contributed by atoms with Crippen molar-refractivity contribution in [2.75, 3.05) is 0 Å². The Morgan fingerprint density at radius 3 is 2.58 bits per heavy atom. The maximum Gasteiger partial charge on any atom is 0.251 e. The van der Waals surface area contributed by atoms with Crippen LogP contribution < -0.4 is 5.32 Å². The van der Waals surface area contributed by atoms with Gasteiger partial charge in [0.1, 0.15) is 0 Å². The van der Waals surface area contributed by atoms with Gasteiger partial charge in [-0.3, -0.25) is 9.78 Å². The Morgan fingerprint density at radius 2 is 1.84 bits per heavy atom. The minimum Gasteiger partial charge on any atom is -0.350 e. The molecule has 0 saturated heterocycles. The van der Waals surface area contributed by atoms with Crippen molar-refractivity contribution in [1.29, 1.82) is 0 Å². The Kier molecular flexibility index (Phi) is 6.67. The van der Waals surface area contributed by atoms with E-state index in [4.69, 9.17) is 4.98 Å². The first-order valence-electron chi connectivity index (χ1n) is 10.5. The first kappa shape index (κ1) is 21.1. The molecule has 5 nitrogen and oxygen atoms in total. The number of thioether (sulfide) groups is 1. The molecule has 2 aromatic heterocycles. The van der Waals surface area contributed by atoms with Crippen molar-refractivity contribution in [3.63, 3.8) is 0 Å². The molecular formula is C25H26N4OS. The first-order valence-corrected chi connectivity index (χ1v) is 11.5. The van der Waals surface area contributed by atoms with E-state index in [9.17, 15) is 4.79 Å². The molecule has 0 aliphatic heterocycles. The average molecular weight is 431 g/mol. The highest BCUT2D eigenvalue weighted by Gasteiger charge is 2.13. The minimum atomic E-state index is -0.0225. The van der Waals surface area contributed by atoms with Gasteiger partial charge in [0.05, 0.1) is 23.8 Å². The molecule has 0 aliphatic rings. The first-order chi connectivity index (χ1) is 15.1. The van der Waals surface area contributed by atoms with Crippen molar-refractivity contribution < 1.29 is 4.79 Å². The molecule has 31 heavy (non-hydrogen) atoms. The van der Waals surface area contributed by atoms with Crippen LogP contribution in [0, 0.1) is 0 Å². The Bertz CT molecular complexity index is 1160. The third kappa shape index (κ3) is 5.14.